The van der Waals surface area contributed by atoms with E-state index in [9.17, 15) is 9.18 Å². The molecule has 0 unspecified atom stereocenters. The second-order valence-corrected chi connectivity index (χ2v) is 8.34. The van der Waals surface area contributed by atoms with Gasteiger partial charge in [-0.25, -0.2) is 9.37 Å². The number of rotatable bonds is 7. The number of aromatic nitrogens is 4. The highest BCUT2D eigenvalue weighted by Gasteiger charge is 2.13. The van der Waals surface area contributed by atoms with Gasteiger partial charge in [-0.1, -0.05) is 29.5 Å². The van der Waals surface area contributed by atoms with Gasteiger partial charge >= 0.3 is 0 Å². The van der Waals surface area contributed by atoms with Crippen molar-refractivity contribution in [2.75, 3.05) is 18.2 Å². The summed E-state index contributed by atoms with van der Waals surface area (Å²) in [6.45, 7) is 2.02. The molecule has 158 valence electrons. The van der Waals surface area contributed by atoms with Gasteiger partial charge in [0.2, 0.25) is 5.91 Å². The summed E-state index contributed by atoms with van der Waals surface area (Å²) in [5.41, 5.74) is 3.27. The van der Waals surface area contributed by atoms with Crippen LogP contribution in [0.2, 0.25) is 0 Å². The number of thioether (sulfide) groups is 1. The van der Waals surface area contributed by atoms with Crippen LogP contribution in [0.25, 0.3) is 16.9 Å². The van der Waals surface area contributed by atoms with Crippen LogP contribution in [0, 0.1) is 12.7 Å². The van der Waals surface area contributed by atoms with E-state index in [4.69, 9.17) is 4.74 Å². The maximum atomic E-state index is 13.9. The molecule has 2 heterocycles. The fourth-order valence-electron chi connectivity index (χ4n) is 2.78. The average molecular weight is 456 g/mol. The van der Waals surface area contributed by atoms with Gasteiger partial charge in [0.25, 0.3) is 0 Å². The molecule has 7 nitrogen and oxygen atoms in total. The van der Waals surface area contributed by atoms with E-state index in [-0.39, 0.29) is 17.4 Å². The standard InChI is InChI=1S/C21H18FN5O2S2/c1-13-3-6-15(7-4-13)27-12-23-26-21(27)31-11-19(28)25-20-24-17(10-30-20)14-5-8-18(29-2)16(22)9-14/h3-10,12H,11H2,1-2H3,(H,24,25,28). The second-order valence-electron chi connectivity index (χ2n) is 6.54. The highest BCUT2D eigenvalue weighted by molar-refractivity contribution is 7.99. The predicted octanol–water partition coefficient (Wildman–Crippen LogP) is 4.58. The lowest BCUT2D eigenvalue weighted by molar-refractivity contribution is -0.113. The quantitative estimate of drug-likeness (QED) is 0.411. The number of methoxy groups -OCH3 is 1. The van der Waals surface area contributed by atoms with Crippen LogP contribution in [-0.4, -0.2) is 38.5 Å². The summed E-state index contributed by atoms with van der Waals surface area (Å²) in [6, 6.07) is 12.6. The SMILES string of the molecule is COc1ccc(-c2csc(NC(=O)CSc3nncn3-c3ccc(C)cc3)n2)cc1F. The van der Waals surface area contributed by atoms with Crippen molar-refractivity contribution in [3.05, 3.63) is 65.6 Å². The molecule has 1 N–H and O–H groups in total. The molecular formula is C21H18FN5O2S2. The Labute approximate surface area is 186 Å². The van der Waals surface area contributed by atoms with Crippen molar-refractivity contribution in [3.8, 4) is 22.7 Å². The predicted molar refractivity (Wildman–Crippen MR) is 120 cm³/mol. The normalized spacial score (nSPS) is 10.8. The zero-order valence-electron chi connectivity index (χ0n) is 16.7. The van der Waals surface area contributed by atoms with E-state index in [1.165, 1.54) is 36.3 Å². The minimum Gasteiger partial charge on any atom is -0.494 e. The van der Waals surface area contributed by atoms with Gasteiger partial charge in [-0.05, 0) is 37.3 Å². The van der Waals surface area contributed by atoms with Crippen molar-refractivity contribution in [2.24, 2.45) is 0 Å². The lowest BCUT2D eigenvalue weighted by Crippen LogP contribution is -2.14. The summed E-state index contributed by atoms with van der Waals surface area (Å²) in [5, 5.41) is 13.6. The molecule has 0 aliphatic heterocycles. The number of thiazole rings is 1. The van der Waals surface area contributed by atoms with E-state index in [0.717, 1.165) is 11.3 Å². The van der Waals surface area contributed by atoms with Crippen LogP contribution in [-0.2, 0) is 4.79 Å². The van der Waals surface area contributed by atoms with Crippen molar-refractivity contribution in [1.29, 1.82) is 0 Å². The summed E-state index contributed by atoms with van der Waals surface area (Å²) >= 11 is 2.55. The first-order valence-corrected chi connectivity index (χ1v) is 11.1. The largest absolute Gasteiger partial charge is 0.494 e. The molecule has 2 aromatic heterocycles. The number of nitrogens with zero attached hydrogens (tertiary/aromatic N) is 4. The number of ether oxygens (including phenoxy) is 1. The molecule has 0 atom stereocenters. The van der Waals surface area contributed by atoms with Gasteiger partial charge in [0.15, 0.2) is 21.9 Å². The van der Waals surface area contributed by atoms with E-state index < -0.39 is 5.82 Å². The Balaban J connectivity index is 1.38. The number of hydrogen-bond acceptors (Lipinski definition) is 7. The molecule has 4 rings (SSSR count). The van der Waals surface area contributed by atoms with Crippen LogP contribution >= 0.6 is 23.1 Å². The molecule has 0 bridgehead atoms. The fourth-order valence-corrected chi connectivity index (χ4v) is 4.24. The summed E-state index contributed by atoms with van der Waals surface area (Å²) < 4.78 is 20.7. The van der Waals surface area contributed by atoms with Crippen LogP contribution in [0.1, 0.15) is 5.56 Å². The first kappa shape index (κ1) is 21.0. The highest BCUT2D eigenvalue weighted by atomic mass is 32.2. The number of benzene rings is 2. The monoisotopic (exact) mass is 455 g/mol. The zero-order valence-corrected chi connectivity index (χ0v) is 18.3. The summed E-state index contributed by atoms with van der Waals surface area (Å²) in [4.78, 5) is 16.8. The van der Waals surface area contributed by atoms with Crippen LogP contribution in [0.3, 0.4) is 0 Å². The van der Waals surface area contributed by atoms with Gasteiger partial charge in [-0.15, -0.1) is 21.5 Å². The Morgan fingerprint density at radius 3 is 2.81 bits per heavy atom. The maximum absolute atomic E-state index is 13.9. The summed E-state index contributed by atoms with van der Waals surface area (Å²) in [7, 11) is 1.41. The van der Waals surface area contributed by atoms with Crippen LogP contribution in [0.4, 0.5) is 9.52 Å². The number of hydrogen-bond donors (Lipinski definition) is 1. The number of carbonyl (C=O) groups is 1. The van der Waals surface area contributed by atoms with E-state index >= 15 is 0 Å². The Bertz CT molecular complexity index is 1210. The smallest absolute Gasteiger partial charge is 0.236 e. The number of halogens is 1. The number of anilines is 1. The minimum absolute atomic E-state index is 0.149. The van der Waals surface area contributed by atoms with Crippen molar-refractivity contribution >= 4 is 34.1 Å². The molecule has 31 heavy (non-hydrogen) atoms. The Morgan fingerprint density at radius 1 is 1.26 bits per heavy atom. The molecule has 0 fully saturated rings. The molecule has 0 saturated heterocycles. The van der Waals surface area contributed by atoms with E-state index in [1.807, 2.05) is 35.8 Å². The molecule has 0 spiro atoms. The Kier molecular flexibility index (Phi) is 6.28. The van der Waals surface area contributed by atoms with Crippen LogP contribution < -0.4 is 10.1 Å². The number of nitrogens with one attached hydrogen (secondary N) is 1. The van der Waals surface area contributed by atoms with Gasteiger partial charge in [0.1, 0.15) is 6.33 Å². The minimum atomic E-state index is -0.465. The van der Waals surface area contributed by atoms with Crippen molar-refractivity contribution in [2.45, 2.75) is 12.1 Å². The average Bonchev–Trinajstić information content (AvgIpc) is 3.42. The third-order valence-corrected chi connectivity index (χ3v) is 6.06. The molecule has 10 heteroatoms. The van der Waals surface area contributed by atoms with Crippen molar-refractivity contribution < 1.29 is 13.9 Å². The van der Waals surface area contributed by atoms with Gasteiger partial charge in [-0.3, -0.25) is 9.36 Å². The zero-order chi connectivity index (χ0) is 21.8. The van der Waals surface area contributed by atoms with Gasteiger partial charge in [-0.2, -0.15) is 0 Å². The summed E-state index contributed by atoms with van der Waals surface area (Å²) in [5.74, 6) is -0.364. The highest BCUT2D eigenvalue weighted by Crippen LogP contribution is 2.28. The van der Waals surface area contributed by atoms with Gasteiger partial charge in [0, 0.05) is 16.6 Å². The number of carbonyl (C=O) groups excluding carboxylic acids is 1. The summed E-state index contributed by atoms with van der Waals surface area (Å²) in [6.07, 6.45) is 1.62. The molecule has 0 aliphatic rings. The number of amides is 1. The maximum Gasteiger partial charge on any atom is 0.236 e. The van der Waals surface area contributed by atoms with Gasteiger partial charge < -0.3 is 10.1 Å². The fraction of sp³-hybridized carbons (Fsp3) is 0.143. The lowest BCUT2D eigenvalue weighted by Gasteiger charge is -2.06. The number of aryl methyl sites for hydroxylation is 1. The first-order chi connectivity index (χ1) is 15.0. The Morgan fingerprint density at radius 2 is 2.06 bits per heavy atom. The molecule has 0 aliphatic carbocycles. The third kappa shape index (κ3) is 4.92. The molecule has 0 radical (unpaired) electrons. The Hall–Kier alpha value is -3.24. The van der Waals surface area contributed by atoms with E-state index in [0.29, 0.717) is 21.5 Å². The molecule has 0 saturated carbocycles. The van der Waals surface area contributed by atoms with Gasteiger partial charge in [0.05, 0.1) is 18.6 Å². The topological polar surface area (TPSA) is 81.9 Å². The van der Waals surface area contributed by atoms with Crippen LogP contribution in [0.5, 0.6) is 5.75 Å². The third-order valence-electron chi connectivity index (χ3n) is 4.36. The molecule has 4 aromatic rings. The second kappa shape index (κ2) is 9.27. The molecular weight excluding hydrogens is 437 g/mol. The van der Waals surface area contributed by atoms with E-state index in [1.54, 1.807) is 23.8 Å². The first-order valence-electron chi connectivity index (χ1n) is 9.22. The van der Waals surface area contributed by atoms with E-state index in [2.05, 4.69) is 20.5 Å². The molecule has 2 aromatic carbocycles. The lowest BCUT2D eigenvalue weighted by atomic mass is 10.1. The molecule has 1 amide bonds. The van der Waals surface area contributed by atoms with Crippen molar-refractivity contribution in [1.82, 2.24) is 19.7 Å². The van der Waals surface area contributed by atoms with Crippen LogP contribution in [0.15, 0.2) is 59.3 Å². The van der Waals surface area contributed by atoms with Crippen molar-refractivity contribution in [3.63, 3.8) is 0 Å².